The Morgan fingerprint density at radius 2 is 1.94 bits per heavy atom. The fraction of sp³-hybridized carbons (Fsp3) is 0.400. The second kappa shape index (κ2) is 5.05. The molecule has 0 aromatic heterocycles. The number of halogens is 4. The molecular weight excluding hydrogens is 224 g/mol. The summed E-state index contributed by atoms with van der Waals surface area (Å²) in [4.78, 5) is 0. The van der Waals surface area contributed by atoms with Crippen LogP contribution in [-0.4, -0.2) is 12.7 Å². The molecular formula is C10H12F4N2. The van der Waals surface area contributed by atoms with Crippen LogP contribution in [0.25, 0.3) is 0 Å². The Labute approximate surface area is 90.4 Å². The summed E-state index contributed by atoms with van der Waals surface area (Å²) in [5.41, 5.74) is 5.76. The summed E-state index contributed by atoms with van der Waals surface area (Å²) < 4.78 is 48.5. The van der Waals surface area contributed by atoms with Gasteiger partial charge in [0, 0.05) is 18.7 Å². The van der Waals surface area contributed by atoms with Crippen LogP contribution < -0.4 is 11.1 Å². The van der Waals surface area contributed by atoms with Gasteiger partial charge in [0.05, 0.1) is 5.69 Å². The average Bonchev–Trinajstić information content (AvgIpc) is 2.13. The molecule has 16 heavy (non-hydrogen) atoms. The van der Waals surface area contributed by atoms with E-state index in [1.165, 1.54) is 12.1 Å². The van der Waals surface area contributed by atoms with Gasteiger partial charge in [-0.25, -0.2) is 4.39 Å². The zero-order valence-electron chi connectivity index (χ0n) is 8.44. The molecule has 0 aliphatic rings. The highest BCUT2D eigenvalue weighted by Crippen LogP contribution is 2.22. The lowest BCUT2D eigenvalue weighted by Crippen LogP contribution is -2.11. The number of rotatable bonds is 4. The third-order valence-corrected chi connectivity index (χ3v) is 1.95. The fourth-order valence-corrected chi connectivity index (χ4v) is 1.19. The van der Waals surface area contributed by atoms with Crippen LogP contribution in [0.2, 0.25) is 0 Å². The summed E-state index contributed by atoms with van der Waals surface area (Å²) in [5, 5.41) is 2.58. The van der Waals surface area contributed by atoms with Crippen molar-refractivity contribution in [1.29, 1.82) is 0 Å². The summed E-state index contributed by atoms with van der Waals surface area (Å²) in [6, 6.07) is 4.00. The molecule has 0 bridgehead atoms. The number of hydrogen-bond acceptors (Lipinski definition) is 2. The number of benzene rings is 1. The molecule has 0 aliphatic carbocycles. The van der Waals surface area contributed by atoms with Crippen molar-refractivity contribution in [1.82, 2.24) is 0 Å². The van der Waals surface area contributed by atoms with Gasteiger partial charge in [-0.05, 0) is 24.6 Å². The van der Waals surface area contributed by atoms with E-state index in [4.69, 9.17) is 5.73 Å². The molecule has 1 aromatic carbocycles. The van der Waals surface area contributed by atoms with Crippen molar-refractivity contribution in [2.45, 2.75) is 19.0 Å². The van der Waals surface area contributed by atoms with Crippen LogP contribution >= 0.6 is 0 Å². The van der Waals surface area contributed by atoms with E-state index in [1.807, 2.05) is 0 Å². The quantitative estimate of drug-likeness (QED) is 0.478. The monoisotopic (exact) mass is 236 g/mol. The summed E-state index contributed by atoms with van der Waals surface area (Å²) in [6.45, 7) is 0.0698. The fourth-order valence-electron chi connectivity index (χ4n) is 1.19. The van der Waals surface area contributed by atoms with Crippen LogP contribution in [0, 0.1) is 5.82 Å². The van der Waals surface area contributed by atoms with Crippen LogP contribution in [0.1, 0.15) is 12.8 Å². The molecule has 0 unspecified atom stereocenters. The van der Waals surface area contributed by atoms with E-state index >= 15 is 0 Å². The van der Waals surface area contributed by atoms with Crippen molar-refractivity contribution in [3.05, 3.63) is 24.0 Å². The van der Waals surface area contributed by atoms with E-state index in [0.29, 0.717) is 0 Å². The van der Waals surface area contributed by atoms with Gasteiger partial charge in [-0.3, -0.25) is 0 Å². The first-order valence-electron chi connectivity index (χ1n) is 4.74. The Kier molecular flexibility index (Phi) is 3.98. The van der Waals surface area contributed by atoms with Crippen molar-refractivity contribution in [3.8, 4) is 0 Å². The molecule has 0 atom stereocenters. The highest BCUT2D eigenvalue weighted by atomic mass is 19.4. The molecule has 0 amide bonds. The molecule has 0 saturated carbocycles. The van der Waals surface area contributed by atoms with Gasteiger partial charge in [-0.15, -0.1) is 0 Å². The lowest BCUT2D eigenvalue weighted by molar-refractivity contribution is -0.134. The van der Waals surface area contributed by atoms with Crippen LogP contribution in [0.4, 0.5) is 28.9 Å². The molecule has 0 heterocycles. The first-order chi connectivity index (χ1) is 7.38. The third kappa shape index (κ3) is 4.37. The largest absolute Gasteiger partial charge is 0.399 e. The molecule has 2 nitrogen and oxygen atoms in total. The van der Waals surface area contributed by atoms with E-state index in [-0.39, 0.29) is 24.3 Å². The van der Waals surface area contributed by atoms with Crippen LogP contribution in [0.5, 0.6) is 0 Å². The van der Waals surface area contributed by atoms with Crippen molar-refractivity contribution >= 4 is 11.4 Å². The summed E-state index contributed by atoms with van der Waals surface area (Å²) in [5.74, 6) is -0.563. The van der Waals surface area contributed by atoms with Gasteiger partial charge in [0.25, 0.3) is 0 Å². The van der Waals surface area contributed by atoms with Crippen molar-refractivity contribution in [2.75, 3.05) is 17.6 Å². The molecule has 1 rings (SSSR count). The number of nitrogens with two attached hydrogens (primary N) is 1. The lowest BCUT2D eigenvalue weighted by atomic mass is 10.2. The maximum absolute atomic E-state index is 13.1. The van der Waals surface area contributed by atoms with Crippen molar-refractivity contribution in [2.24, 2.45) is 0 Å². The van der Waals surface area contributed by atoms with Gasteiger partial charge in [0.1, 0.15) is 5.82 Å². The summed E-state index contributed by atoms with van der Waals surface area (Å²) in [6.07, 6.45) is -5.13. The smallest absolute Gasteiger partial charge is 0.389 e. The first-order valence-corrected chi connectivity index (χ1v) is 4.74. The number of nitrogens with one attached hydrogen (secondary N) is 1. The molecule has 0 saturated heterocycles. The number of anilines is 2. The van der Waals surface area contributed by atoms with Gasteiger partial charge in [0.2, 0.25) is 0 Å². The lowest BCUT2D eigenvalue weighted by Gasteiger charge is -2.09. The molecule has 0 radical (unpaired) electrons. The highest BCUT2D eigenvalue weighted by Gasteiger charge is 2.25. The Morgan fingerprint density at radius 1 is 1.25 bits per heavy atom. The molecule has 1 aromatic rings. The van der Waals surface area contributed by atoms with E-state index in [2.05, 4.69) is 5.32 Å². The number of alkyl halides is 3. The Bertz CT molecular complexity index is 349. The van der Waals surface area contributed by atoms with E-state index in [9.17, 15) is 17.6 Å². The van der Waals surface area contributed by atoms with Gasteiger partial charge in [-0.2, -0.15) is 13.2 Å². The second-order valence-corrected chi connectivity index (χ2v) is 3.38. The van der Waals surface area contributed by atoms with Gasteiger partial charge < -0.3 is 11.1 Å². The predicted molar refractivity (Wildman–Crippen MR) is 54.6 cm³/mol. The Balaban J connectivity index is 2.38. The standard InChI is InChI=1S/C10H12F4N2/c11-8-6-7(15)2-3-9(8)16-5-1-4-10(12,13)14/h2-3,6,16H,1,4-5,15H2. The SMILES string of the molecule is Nc1ccc(NCCCC(F)(F)F)c(F)c1. The van der Waals surface area contributed by atoms with Crippen LogP contribution in [0.3, 0.4) is 0 Å². The molecule has 90 valence electrons. The third-order valence-electron chi connectivity index (χ3n) is 1.95. The molecule has 3 N–H and O–H groups in total. The highest BCUT2D eigenvalue weighted by molar-refractivity contribution is 5.52. The zero-order chi connectivity index (χ0) is 12.2. The Morgan fingerprint density at radius 3 is 2.50 bits per heavy atom. The number of nitrogen functional groups attached to an aromatic ring is 1. The number of hydrogen-bond donors (Lipinski definition) is 2. The van der Waals surface area contributed by atoms with Crippen LogP contribution in [-0.2, 0) is 0 Å². The summed E-state index contributed by atoms with van der Waals surface area (Å²) in [7, 11) is 0. The predicted octanol–water partition coefficient (Wildman–Crippen LogP) is 3.16. The molecule has 0 fully saturated rings. The van der Waals surface area contributed by atoms with Crippen molar-refractivity contribution in [3.63, 3.8) is 0 Å². The maximum Gasteiger partial charge on any atom is 0.389 e. The normalized spacial score (nSPS) is 11.5. The molecule has 0 aliphatic heterocycles. The second-order valence-electron chi connectivity index (χ2n) is 3.38. The van der Waals surface area contributed by atoms with Gasteiger partial charge >= 0.3 is 6.18 Å². The van der Waals surface area contributed by atoms with Gasteiger partial charge in [-0.1, -0.05) is 0 Å². The van der Waals surface area contributed by atoms with E-state index in [0.717, 1.165) is 6.07 Å². The van der Waals surface area contributed by atoms with E-state index in [1.54, 1.807) is 0 Å². The van der Waals surface area contributed by atoms with E-state index < -0.39 is 18.4 Å². The average molecular weight is 236 g/mol. The zero-order valence-corrected chi connectivity index (χ0v) is 8.44. The minimum Gasteiger partial charge on any atom is -0.399 e. The van der Waals surface area contributed by atoms with Gasteiger partial charge in [0.15, 0.2) is 0 Å². The maximum atomic E-state index is 13.1. The minimum atomic E-state index is -4.17. The van der Waals surface area contributed by atoms with Crippen LogP contribution in [0.15, 0.2) is 18.2 Å². The first kappa shape index (κ1) is 12.6. The molecule has 0 spiro atoms. The van der Waals surface area contributed by atoms with Crippen molar-refractivity contribution < 1.29 is 17.6 Å². The minimum absolute atomic E-state index is 0.0698. The Hall–Kier alpha value is -1.46. The molecule has 6 heteroatoms. The summed E-state index contributed by atoms with van der Waals surface area (Å²) >= 11 is 0. The topological polar surface area (TPSA) is 38.0 Å².